The third-order valence-electron chi connectivity index (χ3n) is 4.66. The highest BCUT2D eigenvalue weighted by Gasteiger charge is 2.23. The van der Waals surface area contributed by atoms with E-state index in [9.17, 15) is 4.79 Å². The van der Waals surface area contributed by atoms with E-state index >= 15 is 0 Å². The number of nitrogens with zero attached hydrogens (tertiary/aromatic N) is 3. The summed E-state index contributed by atoms with van der Waals surface area (Å²) in [6.07, 6.45) is 1.80. The molecule has 1 aliphatic heterocycles. The monoisotopic (exact) mass is 385 g/mol. The van der Waals surface area contributed by atoms with Gasteiger partial charge in [-0.25, -0.2) is 0 Å². The summed E-state index contributed by atoms with van der Waals surface area (Å²) in [4.78, 5) is 21.2. The van der Waals surface area contributed by atoms with Crippen LogP contribution in [0.25, 0.3) is 10.9 Å². The maximum Gasteiger partial charge on any atom is 0.254 e. The second kappa shape index (κ2) is 7.14. The number of benzene rings is 2. The molecule has 0 radical (unpaired) electrons. The smallest absolute Gasteiger partial charge is 0.254 e. The Kier molecular flexibility index (Phi) is 4.70. The van der Waals surface area contributed by atoms with Crippen LogP contribution in [0.5, 0.6) is 0 Å². The number of hydrogen-bond acceptors (Lipinski definition) is 3. The van der Waals surface area contributed by atoms with Crippen LogP contribution in [0, 0.1) is 0 Å². The van der Waals surface area contributed by atoms with Crippen LogP contribution in [0.3, 0.4) is 0 Å². The van der Waals surface area contributed by atoms with Gasteiger partial charge in [0.1, 0.15) is 0 Å². The highest BCUT2D eigenvalue weighted by molar-refractivity contribution is 6.31. The molecule has 2 heterocycles. The van der Waals surface area contributed by atoms with Gasteiger partial charge in [-0.05, 0) is 42.5 Å². The second-order valence-corrected chi connectivity index (χ2v) is 7.15. The maximum atomic E-state index is 12.7. The molecule has 26 heavy (non-hydrogen) atoms. The lowest BCUT2D eigenvalue weighted by Crippen LogP contribution is -2.48. The summed E-state index contributed by atoms with van der Waals surface area (Å²) < 4.78 is 0. The summed E-state index contributed by atoms with van der Waals surface area (Å²) in [6.45, 7) is 2.88. The second-order valence-electron chi connectivity index (χ2n) is 6.28. The summed E-state index contributed by atoms with van der Waals surface area (Å²) in [7, 11) is 0. The Morgan fingerprint density at radius 3 is 2.46 bits per heavy atom. The number of halogens is 2. The van der Waals surface area contributed by atoms with E-state index < -0.39 is 0 Å². The molecule has 0 saturated carbocycles. The van der Waals surface area contributed by atoms with Crippen LogP contribution in [-0.2, 0) is 0 Å². The number of amides is 1. The van der Waals surface area contributed by atoms with E-state index in [0.717, 1.165) is 29.7 Å². The van der Waals surface area contributed by atoms with Crippen LogP contribution in [-0.4, -0.2) is 42.0 Å². The summed E-state index contributed by atoms with van der Waals surface area (Å²) in [5.41, 5.74) is 2.64. The lowest BCUT2D eigenvalue weighted by atomic mass is 10.1. The molecule has 0 bridgehead atoms. The van der Waals surface area contributed by atoms with Crippen molar-refractivity contribution in [2.24, 2.45) is 0 Å². The molecule has 1 fully saturated rings. The largest absolute Gasteiger partial charge is 0.367 e. The first-order valence-electron chi connectivity index (χ1n) is 8.46. The number of rotatable bonds is 2. The van der Waals surface area contributed by atoms with Crippen molar-refractivity contribution in [3.05, 3.63) is 70.3 Å². The quantitative estimate of drug-likeness (QED) is 0.651. The molecule has 3 aromatic rings. The van der Waals surface area contributed by atoms with Crippen LogP contribution in [0.15, 0.2) is 54.7 Å². The molecule has 1 aliphatic rings. The van der Waals surface area contributed by atoms with Crippen molar-refractivity contribution in [2.45, 2.75) is 0 Å². The summed E-state index contributed by atoms with van der Waals surface area (Å²) in [5.74, 6) is 0.0264. The molecule has 6 heteroatoms. The molecular formula is C20H17Cl2N3O. The molecule has 0 aliphatic carbocycles. The van der Waals surface area contributed by atoms with Gasteiger partial charge in [-0.3, -0.25) is 9.78 Å². The van der Waals surface area contributed by atoms with Gasteiger partial charge in [0, 0.05) is 59.1 Å². The van der Waals surface area contributed by atoms with Gasteiger partial charge in [0.05, 0.1) is 5.52 Å². The van der Waals surface area contributed by atoms with Crippen LogP contribution in [0.1, 0.15) is 10.4 Å². The van der Waals surface area contributed by atoms with Crippen molar-refractivity contribution in [3.8, 4) is 0 Å². The highest BCUT2D eigenvalue weighted by atomic mass is 35.5. The summed E-state index contributed by atoms with van der Waals surface area (Å²) >= 11 is 12.1. The first-order valence-corrected chi connectivity index (χ1v) is 9.21. The van der Waals surface area contributed by atoms with E-state index in [1.165, 1.54) is 0 Å². The Bertz CT molecular complexity index is 968. The minimum absolute atomic E-state index is 0.0264. The number of aromatic nitrogens is 1. The normalized spacial score (nSPS) is 14.7. The van der Waals surface area contributed by atoms with Gasteiger partial charge >= 0.3 is 0 Å². The lowest BCUT2D eigenvalue weighted by molar-refractivity contribution is 0.0747. The third-order valence-corrected chi connectivity index (χ3v) is 5.13. The Labute approximate surface area is 161 Å². The number of anilines is 1. The topological polar surface area (TPSA) is 36.4 Å². The number of hydrogen-bond donors (Lipinski definition) is 0. The zero-order valence-corrected chi connectivity index (χ0v) is 15.5. The molecule has 4 nitrogen and oxygen atoms in total. The molecule has 1 saturated heterocycles. The predicted molar refractivity (Wildman–Crippen MR) is 106 cm³/mol. The van der Waals surface area contributed by atoms with Gasteiger partial charge in [0.2, 0.25) is 0 Å². The number of pyridine rings is 1. The number of piperazine rings is 1. The molecule has 2 aromatic carbocycles. The molecular weight excluding hydrogens is 369 g/mol. The minimum Gasteiger partial charge on any atom is -0.367 e. The van der Waals surface area contributed by atoms with Crippen LogP contribution >= 0.6 is 23.2 Å². The zero-order chi connectivity index (χ0) is 18.1. The van der Waals surface area contributed by atoms with Crippen molar-refractivity contribution in [3.63, 3.8) is 0 Å². The molecule has 1 aromatic heterocycles. The minimum atomic E-state index is 0.0264. The Morgan fingerprint density at radius 1 is 0.923 bits per heavy atom. The van der Waals surface area contributed by atoms with Gasteiger partial charge in [0.15, 0.2) is 0 Å². The standard InChI is InChI=1S/C20H17Cl2N3O/c21-15-3-1-2-14(12-15)20(26)25-10-8-24(9-11-25)19-6-7-23-18-13-16(22)4-5-17(18)19/h1-7,12-13H,8-11H2. The van der Waals surface area contributed by atoms with Crippen LogP contribution in [0.4, 0.5) is 5.69 Å². The van der Waals surface area contributed by atoms with Gasteiger partial charge in [-0.1, -0.05) is 29.3 Å². The molecule has 0 atom stereocenters. The van der Waals surface area contributed by atoms with Crippen molar-refractivity contribution < 1.29 is 4.79 Å². The highest BCUT2D eigenvalue weighted by Crippen LogP contribution is 2.28. The van der Waals surface area contributed by atoms with Crippen LogP contribution < -0.4 is 4.90 Å². The molecule has 4 rings (SSSR count). The number of carbonyl (C=O) groups is 1. The maximum absolute atomic E-state index is 12.7. The SMILES string of the molecule is O=C(c1cccc(Cl)c1)N1CCN(c2ccnc3cc(Cl)ccc23)CC1. The molecule has 0 spiro atoms. The molecule has 0 N–H and O–H groups in total. The lowest BCUT2D eigenvalue weighted by Gasteiger charge is -2.36. The van der Waals surface area contributed by atoms with E-state index in [0.29, 0.717) is 28.7 Å². The third kappa shape index (κ3) is 3.35. The Hall–Kier alpha value is -2.30. The fraction of sp³-hybridized carbons (Fsp3) is 0.200. The molecule has 1 amide bonds. The van der Waals surface area contributed by atoms with Crippen molar-refractivity contribution >= 4 is 45.7 Å². The first-order chi connectivity index (χ1) is 12.6. The van der Waals surface area contributed by atoms with Crippen molar-refractivity contribution in [2.75, 3.05) is 31.1 Å². The van der Waals surface area contributed by atoms with Gasteiger partial charge in [-0.15, -0.1) is 0 Å². The van der Waals surface area contributed by atoms with E-state index in [2.05, 4.69) is 9.88 Å². The average Bonchev–Trinajstić information content (AvgIpc) is 2.67. The van der Waals surface area contributed by atoms with Crippen LogP contribution in [0.2, 0.25) is 10.0 Å². The molecule has 132 valence electrons. The fourth-order valence-corrected chi connectivity index (χ4v) is 3.69. The predicted octanol–water partition coefficient (Wildman–Crippen LogP) is 4.50. The Morgan fingerprint density at radius 2 is 1.69 bits per heavy atom. The van der Waals surface area contributed by atoms with E-state index in [4.69, 9.17) is 23.2 Å². The zero-order valence-electron chi connectivity index (χ0n) is 14.0. The number of fused-ring (bicyclic) bond motifs is 1. The fourth-order valence-electron chi connectivity index (χ4n) is 3.34. The van der Waals surface area contributed by atoms with Crippen molar-refractivity contribution in [1.82, 2.24) is 9.88 Å². The summed E-state index contributed by atoms with van der Waals surface area (Å²) in [6, 6.07) is 14.9. The summed E-state index contributed by atoms with van der Waals surface area (Å²) in [5, 5.41) is 2.34. The van der Waals surface area contributed by atoms with Gasteiger partial charge in [0.25, 0.3) is 5.91 Å². The van der Waals surface area contributed by atoms with Gasteiger partial charge < -0.3 is 9.80 Å². The average molecular weight is 386 g/mol. The number of carbonyl (C=O) groups excluding carboxylic acids is 1. The van der Waals surface area contributed by atoms with E-state index in [1.54, 1.807) is 30.5 Å². The van der Waals surface area contributed by atoms with Crippen molar-refractivity contribution in [1.29, 1.82) is 0 Å². The van der Waals surface area contributed by atoms with E-state index in [1.807, 2.05) is 29.2 Å². The van der Waals surface area contributed by atoms with Gasteiger partial charge in [-0.2, -0.15) is 0 Å². The molecule has 0 unspecified atom stereocenters. The Balaban J connectivity index is 1.51. The first kappa shape index (κ1) is 17.1. The van der Waals surface area contributed by atoms with E-state index in [-0.39, 0.29) is 5.91 Å².